The second kappa shape index (κ2) is 9.91. The standard InChI is InChI=1S/C28H30F3N5O3S/c1-14-10-20(28(29,30)31)34-22(21(14)25(38)35-9-8-32-12-15(35)2)18-6-7-33-19-11-17(40-23(18)19)13-36-24(37)16(3)27(4,5)26(36)39/h6-7,10-11,15-16,32H,8-9,12-13H2,1-5H3. The number of halogens is 3. The maximum atomic E-state index is 13.9. The molecule has 5 rings (SSSR count). The first-order chi connectivity index (χ1) is 18.7. The summed E-state index contributed by atoms with van der Waals surface area (Å²) in [7, 11) is 0. The number of carbonyl (C=O) groups excluding carboxylic acids is 3. The van der Waals surface area contributed by atoms with E-state index in [2.05, 4.69) is 15.3 Å². The minimum atomic E-state index is -4.71. The van der Waals surface area contributed by atoms with E-state index in [4.69, 9.17) is 0 Å². The molecule has 2 aliphatic heterocycles. The van der Waals surface area contributed by atoms with Crippen LogP contribution < -0.4 is 5.32 Å². The molecule has 3 amide bonds. The number of imide groups is 1. The molecule has 0 saturated carbocycles. The first-order valence-corrected chi connectivity index (χ1v) is 13.9. The van der Waals surface area contributed by atoms with Crippen molar-refractivity contribution >= 4 is 39.3 Å². The number of alkyl halides is 3. The van der Waals surface area contributed by atoms with E-state index in [1.807, 2.05) is 6.92 Å². The van der Waals surface area contributed by atoms with E-state index in [-0.39, 0.29) is 47.1 Å². The molecule has 5 heterocycles. The molecular formula is C28H30F3N5O3S. The van der Waals surface area contributed by atoms with Crippen molar-refractivity contribution in [3.05, 3.63) is 46.1 Å². The Balaban J connectivity index is 1.63. The first-order valence-electron chi connectivity index (χ1n) is 13.1. The minimum Gasteiger partial charge on any atom is -0.333 e. The van der Waals surface area contributed by atoms with Crippen LogP contribution in [-0.2, 0) is 22.3 Å². The quantitative estimate of drug-likeness (QED) is 0.457. The number of likely N-dealkylation sites (tertiary alicyclic amines) is 1. The molecule has 3 aromatic heterocycles. The van der Waals surface area contributed by atoms with Gasteiger partial charge in [0.05, 0.1) is 33.4 Å². The molecule has 0 aliphatic carbocycles. The van der Waals surface area contributed by atoms with Crippen molar-refractivity contribution in [2.45, 2.75) is 53.4 Å². The van der Waals surface area contributed by atoms with Gasteiger partial charge in [0.1, 0.15) is 5.69 Å². The van der Waals surface area contributed by atoms with Crippen molar-refractivity contribution < 1.29 is 27.6 Å². The molecule has 2 unspecified atom stereocenters. The molecule has 2 fully saturated rings. The number of rotatable bonds is 4. The van der Waals surface area contributed by atoms with Crippen LogP contribution in [0.1, 0.15) is 54.2 Å². The number of hydrogen-bond donors (Lipinski definition) is 1. The van der Waals surface area contributed by atoms with Crippen LogP contribution in [0.3, 0.4) is 0 Å². The molecule has 0 radical (unpaired) electrons. The minimum absolute atomic E-state index is 0.0328. The van der Waals surface area contributed by atoms with Crippen LogP contribution in [0.2, 0.25) is 0 Å². The Labute approximate surface area is 233 Å². The smallest absolute Gasteiger partial charge is 0.333 e. The molecule has 8 nitrogen and oxygen atoms in total. The fourth-order valence-electron chi connectivity index (χ4n) is 5.30. The Morgan fingerprint density at radius 1 is 1.23 bits per heavy atom. The molecule has 40 heavy (non-hydrogen) atoms. The molecule has 2 aliphatic rings. The van der Waals surface area contributed by atoms with Crippen molar-refractivity contribution in [3.63, 3.8) is 0 Å². The number of amides is 3. The van der Waals surface area contributed by atoms with Gasteiger partial charge in [-0.25, -0.2) is 4.98 Å². The van der Waals surface area contributed by atoms with Gasteiger partial charge in [-0.15, -0.1) is 11.3 Å². The second-order valence-electron chi connectivity index (χ2n) is 11.1. The number of hydrogen-bond acceptors (Lipinski definition) is 7. The lowest BCUT2D eigenvalue weighted by Gasteiger charge is -2.34. The highest BCUT2D eigenvalue weighted by atomic mass is 32.1. The predicted molar refractivity (Wildman–Crippen MR) is 144 cm³/mol. The Hall–Kier alpha value is -3.38. The van der Waals surface area contributed by atoms with E-state index in [0.29, 0.717) is 40.3 Å². The number of nitrogens with zero attached hydrogens (tertiary/aromatic N) is 4. The lowest BCUT2D eigenvalue weighted by Crippen LogP contribution is -2.52. The van der Waals surface area contributed by atoms with Gasteiger partial charge in [-0.3, -0.25) is 24.3 Å². The summed E-state index contributed by atoms with van der Waals surface area (Å²) >= 11 is 1.22. The summed E-state index contributed by atoms with van der Waals surface area (Å²) in [5.41, 5.74) is -0.858. The number of thiophene rings is 1. The van der Waals surface area contributed by atoms with Crippen LogP contribution in [-0.4, -0.2) is 63.2 Å². The molecule has 0 aromatic carbocycles. The average molecular weight is 574 g/mol. The van der Waals surface area contributed by atoms with Gasteiger partial charge in [-0.1, -0.05) is 20.8 Å². The molecular weight excluding hydrogens is 543 g/mol. The van der Waals surface area contributed by atoms with Crippen LogP contribution in [0.5, 0.6) is 0 Å². The summed E-state index contributed by atoms with van der Waals surface area (Å²) in [6, 6.07) is 4.04. The highest BCUT2D eigenvalue weighted by Gasteiger charge is 2.51. The van der Waals surface area contributed by atoms with Crippen molar-refractivity contribution in [1.29, 1.82) is 0 Å². The zero-order valence-corrected chi connectivity index (χ0v) is 23.7. The lowest BCUT2D eigenvalue weighted by molar-refractivity contribution is -0.142. The van der Waals surface area contributed by atoms with E-state index in [1.165, 1.54) is 29.4 Å². The highest BCUT2D eigenvalue weighted by molar-refractivity contribution is 7.19. The van der Waals surface area contributed by atoms with E-state index >= 15 is 0 Å². The van der Waals surface area contributed by atoms with Gasteiger partial charge in [0.15, 0.2) is 0 Å². The van der Waals surface area contributed by atoms with Gasteiger partial charge in [-0.05, 0) is 37.6 Å². The number of aromatic nitrogens is 2. The van der Waals surface area contributed by atoms with Crippen LogP contribution in [0, 0.1) is 18.3 Å². The second-order valence-corrected chi connectivity index (χ2v) is 12.2. The lowest BCUT2D eigenvalue weighted by atomic mass is 9.82. The zero-order valence-electron chi connectivity index (χ0n) is 22.8. The maximum Gasteiger partial charge on any atom is 0.433 e. The number of fused-ring (bicyclic) bond motifs is 1. The SMILES string of the molecule is Cc1cc(C(F)(F)F)nc(-c2ccnc3cc(CN4C(=O)C(C)C(C)(C)C4=O)sc23)c1C(=O)N1CCNCC1C. The molecule has 3 aromatic rings. The van der Waals surface area contributed by atoms with Crippen molar-refractivity contribution in [1.82, 2.24) is 25.1 Å². The van der Waals surface area contributed by atoms with Crippen LogP contribution >= 0.6 is 11.3 Å². The summed E-state index contributed by atoms with van der Waals surface area (Å²) in [4.78, 5) is 51.5. The van der Waals surface area contributed by atoms with E-state index in [9.17, 15) is 27.6 Å². The first kappa shape index (κ1) is 28.2. The van der Waals surface area contributed by atoms with E-state index in [0.717, 1.165) is 6.07 Å². The molecule has 1 N–H and O–H groups in total. The average Bonchev–Trinajstić information content (AvgIpc) is 3.37. The normalized spacial score (nSPS) is 21.5. The van der Waals surface area contributed by atoms with Crippen molar-refractivity contribution in [2.24, 2.45) is 11.3 Å². The Kier molecular flexibility index (Phi) is 6.98. The van der Waals surface area contributed by atoms with Gasteiger partial charge in [0.2, 0.25) is 11.8 Å². The van der Waals surface area contributed by atoms with Gasteiger partial charge in [0, 0.05) is 48.2 Å². The largest absolute Gasteiger partial charge is 0.433 e. The fourth-order valence-corrected chi connectivity index (χ4v) is 6.42. The summed E-state index contributed by atoms with van der Waals surface area (Å²) in [6.45, 7) is 10.2. The molecule has 2 saturated heterocycles. The van der Waals surface area contributed by atoms with Crippen LogP contribution in [0.4, 0.5) is 13.2 Å². The van der Waals surface area contributed by atoms with Crippen LogP contribution in [0.15, 0.2) is 24.4 Å². The third-order valence-corrected chi connectivity index (χ3v) is 9.17. The van der Waals surface area contributed by atoms with Crippen molar-refractivity contribution in [3.8, 4) is 11.3 Å². The Morgan fingerprint density at radius 3 is 2.58 bits per heavy atom. The molecule has 0 bridgehead atoms. The Bertz CT molecular complexity index is 1530. The number of aryl methyl sites for hydroxylation is 1. The third-order valence-electron chi connectivity index (χ3n) is 8.03. The number of nitrogens with one attached hydrogen (secondary N) is 1. The van der Waals surface area contributed by atoms with Gasteiger partial charge in [0.25, 0.3) is 5.91 Å². The van der Waals surface area contributed by atoms with Crippen molar-refractivity contribution in [2.75, 3.05) is 19.6 Å². The summed E-state index contributed by atoms with van der Waals surface area (Å²) in [6.07, 6.45) is -3.25. The van der Waals surface area contributed by atoms with E-state index in [1.54, 1.807) is 37.8 Å². The monoisotopic (exact) mass is 573 g/mol. The van der Waals surface area contributed by atoms with Gasteiger partial charge < -0.3 is 10.2 Å². The molecule has 0 spiro atoms. The topological polar surface area (TPSA) is 95.5 Å². The number of piperazine rings is 1. The molecule has 12 heteroatoms. The number of carbonyl (C=O) groups is 3. The summed E-state index contributed by atoms with van der Waals surface area (Å²) < 4.78 is 42.2. The fraction of sp³-hybridized carbons (Fsp3) is 0.464. The highest BCUT2D eigenvalue weighted by Crippen LogP contribution is 2.41. The summed E-state index contributed by atoms with van der Waals surface area (Å²) in [5, 5.41) is 3.21. The summed E-state index contributed by atoms with van der Waals surface area (Å²) in [5.74, 6) is -1.40. The zero-order chi connectivity index (χ0) is 29.1. The van der Waals surface area contributed by atoms with Gasteiger partial charge in [-0.2, -0.15) is 13.2 Å². The third kappa shape index (κ3) is 4.66. The predicted octanol–water partition coefficient (Wildman–Crippen LogP) is 4.65. The van der Waals surface area contributed by atoms with E-state index < -0.39 is 23.2 Å². The maximum absolute atomic E-state index is 13.9. The number of pyridine rings is 2. The molecule has 212 valence electrons. The Morgan fingerprint density at radius 2 is 1.95 bits per heavy atom. The van der Waals surface area contributed by atoms with Gasteiger partial charge >= 0.3 is 6.18 Å². The van der Waals surface area contributed by atoms with Crippen LogP contribution in [0.25, 0.3) is 21.5 Å². The molecule has 2 atom stereocenters.